The van der Waals surface area contributed by atoms with Crippen molar-refractivity contribution in [3.63, 3.8) is 0 Å². The lowest BCUT2D eigenvalue weighted by molar-refractivity contribution is 0.836. The van der Waals surface area contributed by atoms with Crippen LogP contribution in [0.15, 0.2) is 34.9 Å². The second kappa shape index (κ2) is 4.48. The summed E-state index contributed by atoms with van der Waals surface area (Å²) >= 11 is 8.53. The first-order chi connectivity index (χ1) is 8.65. The first-order valence-corrected chi connectivity index (χ1v) is 7.00. The van der Waals surface area contributed by atoms with Gasteiger partial charge in [0.25, 0.3) is 0 Å². The number of hydrogen-bond acceptors (Lipinski definition) is 2. The Kier molecular flexibility index (Phi) is 2.95. The van der Waals surface area contributed by atoms with Gasteiger partial charge in [-0.15, -0.1) is 0 Å². The van der Waals surface area contributed by atoms with Gasteiger partial charge < -0.3 is 5.73 Å². The summed E-state index contributed by atoms with van der Waals surface area (Å²) in [4.78, 5) is 0.384. The fourth-order valence-electron chi connectivity index (χ4n) is 1.97. The summed E-state index contributed by atoms with van der Waals surface area (Å²) in [5.41, 5.74) is 8.69. The van der Waals surface area contributed by atoms with Crippen LogP contribution in [0.1, 0.15) is 30.0 Å². The molecule has 0 unspecified atom stereocenters. The first kappa shape index (κ1) is 11.9. The molecule has 1 heterocycles. The molecule has 0 amide bonds. The van der Waals surface area contributed by atoms with Gasteiger partial charge in [0.1, 0.15) is 4.99 Å². The molecule has 0 atom stereocenters. The van der Waals surface area contributed by atoms with E-state index in [4.69, 9.17) is 18.0 Å². The van der Waals surface area contributed by atoms with Gasteiger partial charge in [0.15, 0.2) is 0 Å². The number of rotatable bonds is 3. The van der Waals surface area contributed by atoms with Crippen molar-refractivity contribution < 1.29 is 0 Å². The lowest BCUT2D eigenvalue weighted by Crippen LogP contribution is -2.13. The molecule has 1 aromatic carbocycles. The maximum atomic E-state index is 5.77. The van der Waals surface area contributed by atoms with Gasteiger partial charge in [-0.05, 0) is 37.1 Å². The van der Waals surface area contributed by atoms with E-state index in [1.54, 1.807) is 0 Å². The minimum absolute atomic E-state index is 0.384. The molecule has 0 saturated heterocycles. The van der Waals surface area contributed by atoms with Crippen molar-refractivity contribution >= 4 is 33.1 Å². The minimum atomic E-state index is 0.384. The van der Waals surface area contributed by atoms with Crippen LogP contribution in [0.4, 0.5) is 0 Å². The average Bonchev–Trinajstić information content (AvgIpc) is 3.08. The Balaban J connectivity index is 2.06. The maximum Gasteiger partial charge on any atom is 0.106 e. The minimum Gasteiger partial charge on any atom is -0.389 e. The van der Waals surface area contributed by atoms with Crippen LogP contribution in [0.2, 0.25) is 0 Å². The summed E-state index contributed by atoms with van der Waals surface area (Å²) in [6, 6.07) is 7.94. The van der Waals surface area contributed by atoms with Crippen LogP contribution >= 0.6 is 28.1 Å². The molecule has 3 nitrogen and oxygen atoms in total. The number of nitrogens with two attached hydrogens (primary N) is 1. The third-order valence-electron chi connectivity index (χ3n) is 3.08. The van der Waals surface area contributed by atoms with Crippen molar-refractivity contribution in [1.82, 2.24) is 9.78 Å². The van der Waals surface area contributed by atoms with Gasteiger partial charge in [0.2, 0.25) is 0 Å². The van der Waals surface area contributed by atoms with E-state index in [2.05, 4.69) is 27.1 Å². The Morgan fingerprint density at radius 3 is 2.83 bits per heavy atom. The second-order valence-corrected chi connectivity index (χ2v) is 5.84. The number of nitrogens with zero attached hydrogens (tertiary/aromatic N) is 2. The Labute approximate surface area is 119 Å². The van der Waals surface area contributed by atoms with E-state index >= 15 is 0 Å². The number of thiocarbonyl (C=S) groups is 1. The van der Waals surface area contributed by atoms with Gasteiger partial charge in [-0.3, -0.25) is 0 Å². The summed E-state index contributed by atoms with van der Waals surface area (Å²) in [5.74, 6) is 0.648. The standard InChI is InChI=1S/C13H12BrN3S/c14-9-3-4-12(10(7-9)13(15)18)17-6-5-11(16-17)8-1-2-8/h3-8H,1-2H2,(H2,15,18). The summed E-state index contributed by atoms with van der Waals surface area (Å²) < 4.78 is 2.82. The summed E-state index contributed by atoms with van der Waals surface area (Å²) in [6.07, 6.45) is 4.47. The van der Waals surface area contributed by atoms with Gasteiger partial charge in [0.05, 0.1) is 11.4 Å². The van der Waals surface area contributed by atoms with E-state index in [0.29, 0.717) is 10.9 Å². The highest BCUT2D eigenvalue weighted by Crippen LogP contribution is 2.39. The van der Waals surface area contributed by atoms with Crippen LogP contribution < -0.4 is 5.73 Å². The Bertz CT molecular complexity index is 616. The SMILES string of the molecule is NC(=S)c1cc(Br)ccc1-n1ccc(C2CC2)n1. The third kappa shape index (κ3) is 2.20. The normalized spacial score (nSPS) is 14.7. The van der Waals surface area contributed by atoms with Crippen molar-refractivity contribution in [1.29, 1.82) is 0 Å². The quantitative estimate of drug-likeness (QED) is 0.883. The third-order valence-corrected chi connectivity index (χ3v) is 3.79. The highest BCUT2D eigenvalue weighted by atomic mass is 79.9. The lowest BCUT2D eigenvalue weighted by Gasteiger charge is -2.08. The van der Waals surface area contributed by atoms with Gasteiger partial charge in [0, 0.05) is 22.2 Å². The van der Waals surface area contributed by atoms with Crippen molar-refractivity contribution in [3.05, 3.63) is 46.2 Å². The molecule has 1 aromatic heterocycles. The van der Waals surface area contributed by atoms with E-state index in [9.17, 15) is 0 Å². The molecule has 1 fully saturated rings. The molecule has 18 heavy (non-hydrogen) atoms. The topological polar surface area (TPSA) is 43.8 Å². The van der Waals surface area contributed by atoms with Gasteiger partial charge in [-0.2, -0.15) is 5.10 Å². The molecule has 2 aromatic rings. The van der Waals surface area contributed by atoms with Gasteiger partial charge in [-0.1, -0.05) is 28.1 Å². The summed E-state index contributed by atoms with van der Waals surface area (Å²) in [6.45, 7) is 0. The fourth-order valence-corrected chi connectivity index (χ4v) is 2.50. The highest BCUT2D eigenvalue weighted by molar-refractivity contribution is 9.10. The average molecular weight is 322 g/mol. The molecule has 2 N–H and O–H groups in total. The Hall–Kier alpha value is -1.20. The van der Waals surface area contributed by atoms with E-state index in [0.717, 1.165) is 21.4 Å². The number of halogens is 1. The second-order valence-electron chi connectivity index (χ2n) is 4.49. The molecular weight excluding hydrogens is 310 g/mol. The molecule has 0 radical (unpaired) electrons. The molecule has 0 aliphatic heterocycles. The smallest absolute Gasteiger partial charge is 0.106 e. The van der Waals surface area contributed by atoms with Gasteiger partial charge >= 0.3 is 0 Å². The van der Waals surface area contributed by atoms with Crippen LogP contribution in [0.5, 0.6) is 0 Å². The van der Waals surface area contributed by atoms with E-state index < -0.39 is 0 Å². The van der Waals surface area contributed by atoms with Crippen molar-refractivity contribution in [2.75, 3.05) is 0 Å². The Morgan fingerprint density at radius 1 is 1.39 bits per heavy atom. The largest absolute Gasteiger partial charge is 0.389 e. The van der Waals surface area contributed by atoms with E-state index in [1.165, 1.54) is 12.8 Å². The highest BCUT2D eigenvalue weighted by Gasteiger charge is 2.26. The zero-order valence-electron chi connectivity index (χ0n) is 9.64. The molecule has 1 saturated carbocycles. The van der Waals surface area contributed by atoms with Gasteiger partial charge in [-0.25, -0.2) is 4.68 Å². The lowest BCUT2D eigenvalue weighted by atomic mass is 10.2. The molecular formula is C13H12BrN3S. The van der Waals surface area contributed by atoms with Crippen molar-refractivity contribution in [2.24, 2.45) is 5.73 Å². The molecule has 1 aliphatic carbocycles. The first-order valence-electron chi connectivity index (χ1n) is 5.80. The number of aromatic nitrogens is 2. The monoisotopic (exact) mass is 321 g/mol. The number of benzene rings is 1. The van der Waals surface area contributed by atoms with Crippen LogP contribution in [0, 0.1) is 0 Å². The molecule has 3 rings (SSSR count). The van der Waals surface area contributed by atoms with Crippen molar-refractivity contribution in [2.45, 2.75) is 18.8 Å². The predicted octanol–water partition coefficient (Wildman–Crippen LogP) is 3.15. The van der Waals surface area contributed by atoms with Crippen LogP contribution in [0.25, 0.3) is 5.69 Å². The zero-order chi connectivity index (χ0) is 12.7. The van der Waals surface area contributed by atoms with Crippen LogP contribution in [-0.4, -0.2) is 14.8 Å². The molecule has 92 valence electrons. The predicted molar refractivity (Wildman–Crippen MR) is 79.1 cm³/mol. The van der Waals surface area contributed by atoms with E-state index in [1.807, 2.05) is 29.1 Å². The maximum absolute atomic E-state index is 5.77. The van der Waals surface area contributed by atoms with Crippen LogP contribution in [0.3, 0.4) is 0 Å². The van der Waals surface area contributed by atoms with E-state index in [-0.39, 0.29) is 0 Å². The van der Waals surface area contributed by atoms with Crippen molar-refractivity contribution in [3.8, 4) is 5.69 Å². The molecule has 1 aliphatic rings. The molecule has 5 heteroatoms. The molecule has 0 spiro atoms. The van der Waals surface area contributed by atoms with Crippen LogP contribution in [-0.2, 0) is 0 Å². The fraction of sp³-hybridized carbons (Fsp3) is 0.231. The summed E-state index contributed by atoms with van der Waals surface area (Å²) in [7, 11) is 0. The Morgan fingerprint density at radius 2 is 2.17 bits per heavy atom. The zero-order valence-corrected chi connectivity index (χ0v) is 12.0. The molecule has 0 bridgehead atoms. The number of hydrogen-bond donors (Lipinski definition) is 1. The summed E-state index contributed by atoms with van der Waals surface area (Å²) in [5, 5.41) is 4.60.